The number of methoxy groups -OCH3 is 1. The van der Waals surface area contributed by atoms with Crippen molar-refractivity contribution in [1.82, 2.24) is 4.98 Å². The van der Waals surface area contributed by atoms with E-state index < -0.39 is 0 Å². The number of halogens is 1. The molecule has 2 aromatic rings. The van der Waals surface area contributed by atoms with Crippen molar-refractivity contribution in [2.45, 2.75) is 0 Å². The second kappa shape index (κ2) is 5.10. The second-order valence-corrected chi connectivity index (χ2v) is 4.17. The molecule has 18 heavy (non-hydrogen) atoms. The van der Waals surface area contributed by atoms with Crippen LogP contribution in [0.3, 0.4) is 0 Å². The maximum Gasteiger partial charge on any atom is 0.139 e. The van der Waals surface area contributed by atoms with Crippen molar-refractivity contribution in [1.29, 1.82) is 0 Å². The average molecular weight is 261 g/mol. The highest BCUT2D eigenvalue weighted by Crippen LogP contribution is 2.28. The largest absolute Gasteiger partial charge is 0.495 e. The quantitative estimate of drug-likeness (QED) is 0.920. The Bertz CT molecular complexity index is 670. The molecule has 0 aliphatic heterocycles. The van der Waals surface area contributed by atoms with Gasteiger partial charge in [0.2, 0.25) is 0 Å². The van der Waals surface area contributed by atoms with Crippen LogP contribution in [0.15, 0.2) is 30.5 Å². The van der Waals surface area contributed by atoms with Crippen molar-refractivity contribution in [3.63, 3.8) is 0 Å². The lowest BCUT2D eigenvalue weighted by molar-refractivity contribution is 0.415. The molecule has 0 fully saturated rings. The van der Waals surface area contributed by atoms with E-state index in [1.165, 1.54) is 0 Å². The molecule has 0 aliphatic carbocycles. The number of rotatable bonds is 3. The number of hydrogen-bond donors (Lipinski definition) is 1. The number of aromatic nitrogens is 1. The molecule has 0 radical (unpaired) electrons. The summed E-state index contributed by atoms with van der Waals surface area (Å²) in [6.07, 6.45) is 1.69. The fourth-order valence-electron chi connectivity index (χ4n) is 1.55. The first kappa shape index (κ1) is 12.5. The van der Waals surface area contributed by atoms with Crippen LogP contribution in [0, 0.1) is 0 Å². The van der Waals surface area contributed by atoms with Gasteiger partial charge in [-0.1, -0.05) is 24.8 Å². The lowest BCUT2D eigenvalue weighted by Crippen LogP contribution is -2.27. The highest BCUT2D eigenvalue weighted by Gasteiger charge is 2.02. The zero-order valence-electron chi connectivity index (χ0n) is 10.0. The number of ether oxygens (including phenoxy) is 1. The van der Waals surface area contributed by atoms with Crippen molar-refractivity contribution in [3.8, 4) is 5.75 Å². The fraction of sp³-hybridized carbons (Fsp3) is 0.0714. The van der Waals surface area contributed by atoms with Crippen LogP contribution in [0.4, 0.5) is 11.4 Å². The van der Waals surface area contributed by atoms with Crippen molar-refractivity contribution in [2.24, 2.45) is 0 Å². The van der Waals surface area contributed by atoms with Gasteiger partial charge in [0.1, 0.15) is 5.75 Å². The lowest BCUT2D eigenvalue weighted by atomic mass is 10.2. The Hall–Kier alpha value is -2.00. The van der Waals surface area contributed by atoms with Crippen molar-refractivity contribution in [2.75, 3.05) is 12.4 Å². The summed E-state index contributed by atoms with van der Waals surface area (Å²) in [5.41, 5.74) is 1.73. The van der Waals surface area contributed by atoms with E-state index in [1.807, 2.05) is 18.2 Å². The summed E-state index contributed by atoms with van der Waals surface area (Å²) >= 11 is 5.97. The molecule has 1 N–H and O–H groups in total. The zero-order chi connectivity index (χ0) is 13.1. The smallest absolute Gasteiger partial charge is 0.139 e. The molecule has 0 unspecified atom stereocenters. The normalized spacial score (nSPS) is 10.1. The summed E-state index contributed by atoms with van der Waals surface area (Å²) in [5, 5.41) is 5.23. The molecule has 0 amide bonds. The van der Waals surface area contributed by atoms with Crippen LogP contribution in [-0.4, -0.2) is 12.1 Å². The summed E-state index contributed by atoms with van der Waals surface area (Å²) in [5.74, 6) is 0.621. The summed E-state index contributed by atoms with van der Waals surface area (Å²) in [6.45, 7) is 7.74. The van der Waals surface area contributed by atoms with Gasteiger partial charge in [0.05, 0.1) is 17.5 Å². The third kappa shape index (κ3) is 2.46. The molecule has 1 aromatic carbocycles. The van der Waals surface area contributed by atoms with Crippen LogP contribution < -0.4 is 20.6 Å². The van der Waals surface area contributed by atoms with E-state index in [0.29, 0.717) is 16.1 Å². The standard InChI is InChI=1S/C14H13ClN2O/c1-9-10(2)16-7-6-13(9)17-11-4-5-12(15)14(8-11)18-3/h4-8,17H,1-2H2,3H3. The van der Waals surface area contributed by atoms with Gasteiger partial charge < -0.3 is 10.1 Å². The van der Waals surface area contributed by atoms with E-state index in [9.17, 15) is 0 Å². The van der Waals surface area contributed by atoms with Crippen LogP contribution in [0.2, 0.25) is 5.02 Å². The molecule has 0 spiro atoms. The Morgan fingerprint density at radius 3 is 2.78 bits per heavy atom. The molecule has 92 valence electrons. The van der Waals surface area contributed by atoms with Gasteiger partial charge in [-0.05, 0) is 18.2 Å². The molecule has 1 heterocycles. The molecule has 4 heteroatoms. The van der Waals surface area contributed by atoms with Gasteiger partial charge in [-0.2, -0.15) is 0 Å². The van der Waals surface area contributed by atoms with Crippen molar-refractivity contribution >= 4 is 36.1 Å². The molecule has 1 aromatic heterocycles. The molecule has 2 rings (SSSR count). The molecule has 0 atom stereocenters. The molecule has 0 bridgehead atoms. The highest BCUT2D eigenvalue weighted by atomic mass is 35.5. The molecule has 0 aliphatic rings. The lowest BCUT2D eigenvalue weighted by Gasteiger charge is -2.09. The van der Waals surface area contributed by atoms with Crippen LogP contribution in [0.25, 0.3) is 13.2 Å². The first-order chi connectivity index (χ1) is 8.61. The predicted molar refractivity (Wildman–Crippen MR) is 75.8 cm³/mol. The topological polar surface area (TPSA) is 34.2 Å². The van der Waals surface area contributed by atoms with Gasteiger partial charge in [-0.25, -0.2) is 0 Å². The van der Waals surface area contributed by atoms with Crippen LogP contribution in [0.1, 0.15) is 0 Å². The average Bonchev–Trinajstić information content (AvgIpc) is 2.37. The fourth-order valence-corrected chi connectivity index (χ4v) is 1.74. The summed E-state index contributed by atoms with van der Waals surface area (Å²) < 4.78 is 5.17. The number of pyridine rings is 1. The predicted octanol–water partition coefficient (Wildman–Crippen LogP) is 2.31. The molecule has 3 nitrogen and oxygen atoms in total. The Morgan fingerprint density at radius 1 is 1.28 bits per heavy atom. The summed E-state index contributed by atoms with van der Waals surface area (Å²) in [6, 6.07) is 7.31. The van der Waals surface area contributed by atoms with Crippen molar-refractivity contribution in [3.05, 3.63) is 46.1 Å². The molecular weight excluding hydrogens is 248 g/mol. The maximum absolute atomic E-state index is 5.97. The third-order valence-electron chi connectivity index (χ3n) is 2.58. The van der Waals surface area contributed by atoms with Crippen LogP contribution in [0.5, 0.6) is 5.75 Å². The minimum absolute atomic E-state index is 0.575. The Morgan fingerprint density at radius 2 is 2.06 bits per heavy atom. The van der Waals surface area contributed by atoms with E-state index in [2.05, 4.69) is 23.5 Å². The van der Waals surface area contributed by atoms with E-state index >= 15 is 0 Å². The van der Waals surface area contributed by atoms with Gasteiger partial charge in [-0.15, -0.1) is 0 Å². The van der Waals surface area contributed by atoms with Gasteiger partial charge in [0.25, 0.3) is 0 Å². The Balaban J connectivity index is 2.37. The minimum Gasteiger partial charge on any atom is -0.495 e. The van der Waals surface area contributed by atoms with Gasteiger partial charge in [-0.3, -0.25) is 4.98 Å². The first-order valence-electron chi connectivity index (χ1n) is 5.35. The maximum atomic E-state index is 5.97. The first-order valence-corrected chi connectivity index (χ1v) is 5.73. The highest BCUT2D eigenvalue weighted by molar-refractivity contribution is 6.32. The SMILES string of the molecule is C=c1nccc(Nc2ccc(Cl)c(OC)c2)c1=C. The number of nitrogens with one attached hydrogen (secondary N) is 1. The number of anilines is 2. The van der Waals surface area contributed by atoms with Gasteiger partial charge in [0, 0.05) is 28.9 Å². The zero-order valence-corrected chi connectivity index (χ0v) is 10.8. The van der Waals surface area contributed by atoms with Crippen molar-refractivity contribution < 1.29 is 4.74 Å². The third-order valence-corrected chi connectivity index (χ3v) is 2.89. The summed E-state index contributed by atoms with van der Waals surface area (Å²) in [4.78, 5) is 4.07. The number of nitrogens with zero attached hydrogens (tertiary/aromatic N) is 1. The minimum atomic E-state index is 0.575. The second-order valence-electron chi connectivity index (χ2n) is 3.76. The van der Waals surface area contributed by atoms with E-state index in [-0.39, 0.29) is 0 Å². The van der Waals surface area contributed by atoms with E-state index in [4.69, 9.17) is 16.3 Å². The van der Waals surface area contributed by atoms with Gasteiger partial charge in [0.15, 0.2) is 0 Å². The van der Waals surface area contributed by atoms with E-state index in [0.717, 1.165) is 16.6 Å². The van der Waals surface area contributed by atoms with Crippen LogP contribution >= 0.6 is 11.6 Å². The number of benzene rings is 1. The molecule has 0 saturated heterocycles. The van der Waals surface area contributed by atoms with E-state index in [1.54, 1.807) is 19.4 Å². The monoisotopic (exact) mass is 260 g/mol. The number of hydrogen-bond acceptors (Lipinski definition) is 3. The summed E-state index contributed by atoms with van der Waals surface area (Å²) in [7, 11) is 1.58. The Labute approximate surface area is 110 Å². The van der Waals surface area contributed by atoms with Crippen LogP contribution in [-0.2, 0) is 0 Å². The van der Waals surface area contributed by atoms with Gasteiger partial charge >= 0.3 is 0 Å². The molecular formula is C14H13ClN2O. The molecule has 0 saturated carbocycles. The Kier molecular flexibility index (Phi) is 3.53.